The number of carbonyl (C=O) groups excluding carboxylic acids is 1. The molecule has 0 bridgehead atoms. The number of carbonyl (C=O) groups is 1. The molecule has 0 aliphatic heterocycles. The zero-order valence-electron chi connectivity index (χ0n) is 14.8. The predicted octanol–water partition coefficient (Wildman–Crippen LogP) is 3.71. The van der Waals surface area contributed by atoms with E-state index in [0.29, 0.717) is 18.9 Å². The third-order valence-corrected chi connectivity index (χ3v) is 4.20. The third-order valence-electron chi connectivity index (χ3n) is 4.20. The van der Waals surface area contributed by atoms with Crippen molar-refractivity contribution in [2.24, 2.45) is 0 Å². The number of hydrogen-bond acceptors (Lipinski definition) is 4. The van der Waals surface area contributed by atoms with E-state index in [9.17, 15) is 9.90 Å². The summed E-state index contributed by atoms with van der Waals surface area (Å²) in [7, 11) is 3.30. The van der Waals surface area contributed by atoms with Gasteiger partial charge in [0.2, 0.25) is 0 Å². The van der Waals surface area contributed by atoms with E-state index in [1.54, 1.807) is 26.3 Å². The monoisotopic (exact) mass is 351 g/mol. The molecule has 0 saturated heterocycles. The van der Waals surface area contributed by atoms with Crippen molar-refractivity contribution in [2.45, 2.75) is 0 Å². The number of rotatable bonds is 6. The molecule has 0 atom stereocenters. The van der Waals surface area contributed by atoms with Gasteiger partial charge in [0.15, 0.2) is 0 Å². The third kappa shape index (κ3) is 3.88. The number of likely N-dealkylation sites (N-methyl/N-ethyl adjacent to an activating group) is 1. The molecule has 1 N–H and O–H groups in total. The van der Waals surface area contributed by atoms with Crippen molar-refractivity contribution in [1.82, 2.24) is 4.90 Å². The Kier molecular flexibility index (Phi) is 5.27. The molecule has 1 amide bonds. The molecule has 0 saturated carbocycles. The van der Waals surface area contributed by atoms with Crippen LogP contribution < -0.4 is 9.47 Å². The number of phenolic OH excluding ortho intramolecular Hbond substituents is 1. The lowest BCUT2D eigenvalue weighted by Gasteiger charge is -2.18. The molecule has 0 radical (unpaired) electrons. The molecular weight excluding hydrogens is 330 g/mol. The summed E-state index contributed by atoms with van der Waals surface area (Å²) in [6, 6.07) is 18.2. The lowest BCUT2D eigenvalue weighted by Crippen LogP contribution is -2.30. The summed E-state index contributed by atoms with van der Waals surface area (Å²) in [4.78, 5) is 14.2. The second-order valence-corrected chi connectivity index (χ2v) is 5.97. The number of aromatic hydroxyl groups is 1. The van der Waals surface area contributed by atoms with Crippen molar-refractivity contribution in [2.75, 3.05) is 27.3 Å². The quantitative estimate of drug-likeness (QED) is 0.736. The van der Waals surface area contributed by atoms with Gasteiger partial charge in [0.1, 0.15) is 23.9 Å². The normalized spacial score (nSPS) is 10.5. The summed E-state index contributed by atoms with van der Waals surface area (Å²) in [6.07, 6.45) is 0. The second-order valence-electron chi connectivity index (χ2n) is 5.97. The molecule has 3 rings (SSSR count). The van der Waals surface area contributed by atoms with Gasteiger partial charge >= 0.3 is 0 Å². The van der Waals surface area contributed by atoms with Gasteiger partial charge in [-0.1, -0.05) is 24.3 Å². The molecule has 0 spiro atoms. The van der Waals surface area contributed by atoms with Crippen molar-refractivity contribution in [1.29, 1.82) is 0 Å². The topological polar surface area (TPSA) is 59.0 Å². The molecule has 0 aromatic heterocycles. The highest BCUT2D eigenvalue weighted by Crippen LogP contribution is 2.26. The average Bonchev–Trinajstić information content (AvgIpc) is 2.67. The van der Waals surface area contributed by atoms with Crippen LogP contribution in [0.4, 0.5) is 0 Å². The molecule has 3 aromatic carbocycles. The van der Waals surface area contributed by atoms with Crippen LogP contribution in [0.5, 0.6) is 17.2 Å². The van der Waals surface area contributed by atoms with Gasteiger partial charge in [0.05, 0.1) is 19.2 Å². The SMILES string of the molecule is COc1ccc(OCCN(C)C(=O)c2cc3ccccc3cc2O)cc1. The van der Waals surface area contributed by atoms with Crippen LogP contribution in [0.2, 0.25) is 0 Å². The minimum absolute atomic E-state index is 0.0170. The molecule has 0 heterocycles. The number of fused-ring (bicyclic) bond motifs is 1. The number of nitrogens with zero attached hydrogens (tertiary/aromatic N) is 1. The molecule has 0 unspecified atom stereocenters. The van der Waals surface area contributed by atoms with E-state index in [2.05, 4.69) is 0 Å². The standard InChI is InChI=1S/C21H21NO4/c1-22(11-12-26-18-9-7-17(25-2)8-10-18)21(24)19-13-15-5-3-4-6-16(15)14-20(19)23/h3-10,13-14,23H,11-12H2,1-2H3. The van der Waals surface area contributed by atoms with Gasteiger partial charge in [-0.25, -0.2) is 0 Å². The Hall–Kier alpha value is -3.21. The number of hydrogen-bond donors (Lipinski definition) is 1. The van der Waals surface area contributed by atoms with Gasteiger partial charge in [-0.3, -0.25) is 4.79 Å². The summed E-state index contributed by atoms with van der Waals surface area (Å²) >= 11 is 0. The highest BCUT2D eigenvalue weighted by molar-refractivity contribution is 6.01. The summed E-state index contributed by atoms with van der Waals surface area (Å²) in [6.45, 7) is 0.750. The predicted molar refractivity (Wildman–Crippen MR) is 101 cm³/mol. The molecule has 0 aliphatic rings. The molecule has 5 heteroatoms. The van der Waals surface area contributed by atoms with Crippen LogP contribution in [0, 0.1) is 0 Å². The number of ether oxygens (including phenoxy) is 2. The van der Waals surface area contributed by atoms with Crippen LogP contribution >= 0.6 is 0 Å². The summed E-state index contributed by atoms with van der Waals surface area (Å²) in [5.41, 5.74) is 0.288. The van der Waals surface area contributed by atoms with E-state index in [1.807, 2.05) is 48.5 Å². The minimum Gasteiger partial charge on any atom is -0.507 e. The molecule has 0 aliphatic carbocycles. The van der Waals surface area contributed by atoms with E-state index in [4.69, 9.17) is 9.47 Å². The molecule has 0 fully saturated rings. The van der Waals surface area contributed by atoms with Crippen LogP contribution in [0.25, 0.3) is 10.8 Å². The van der Waals surface area contributed by atoms with Gasteiger partial charge in [-0.15, -0.1) is 0 Å². The zero-order valence-corrected chi connectivity index (χ0v) is 14.8. The fourth-order valence-corrected chi connectivity index (χ4v) is 2.68. The molecule has 3 aromatic rings. The fraction of sp³-hybridized carbons (Fsp3) is 0.190. The van der Waals surface area contributed by atoms with Gasteiger partial charge in [-0.2, -0.15) is 0 Å². The van der Waals surface area contributed by atoms with Crippen molar-refractivity contribution >= 4 is 16.7 Å². The highest BCUT2D eigenvalue weighted by atomic mass is 16.5. The lowest BCUT2D eigenvalue weighted by molar-refractivity contribution is 0.0771. The fourth-order valence-electron chi connectivity index (χ4n) is 2.68. The Bertz CT molecular complexity index is 906. The van der Waals surface area contributed by atoms with E-state index < -0.39 is 0 Å². The van der Waals surface area contributed by atoms with Gasteiger partial charge < -0.3 is 19.5 Å². The van der Waals surface area contributed by atoms with Gasteiger partial charge in [-0.05, 0) is 47.2 Å². The van der Waals surface area contributed by atoms with Crippen molar-refractivity contribution in [3.8, 4) is 17.2 Å². The Labute approximate surface area is 152 Å². The Morgan fingerprint density at radius 2 is 1.62 bits per heavy atom. The Morgan fingerprint density at radius 3 is 2.27 bits per heavy atom. The first-order valence-corrected chi connectivity index (χ1v) is 8.32. The van der Waals surface area contributed by atoms with E-state index in [0.717, 1.165) is 16.5 Å². The number of methoxy groups -OCH3 is 1. The molecule has 5 nitrogen and oxygen atoms in total. The van der Waals surface area contributed by atoms with Crippen LogP contribution in [0.15, 0.2) is 60.7 Å². The van der Waals surface area contributed by atoms with Crippen LogP contribution in [-0.2, 0) is 0 Å². The summed E-state index contributed by atoms with van der Waals surface area (Å²) in [5.74, 6) is 1.21. The number of phenols is 1. The lowest BCUT2D eigenvalue weighted by atomic mass is 10.1. The number of benzene rings is 3. The van der Waals surface area contributed by atoms with Crippen LogP contribution in [0.3, 0.4) is 0 Å². The largest absolute Gasteiger partial charge is 0.507 e. The smallest absolute Gasteiger partial charge is 0.257 e. The van der Waals surface area contributed by atoms with E-state index in [1.165, 1.54) is 4.90 Å². The maximum atomic E-state index is 12.6. The van der Waals surface area contributed by atoms with Crippen LogP contribution in [0.1, 0.15) is 10.4 Å². The van der Waals surface area contributed by atoms with Crippen molar-refractivity contribution < 1.29 is 19.4 Å². The zero-order chi connectivity index (χ0) is 18.5. The number of amides is 1. The Morgan fingerprint density at radius 1 is 1.00 bits per heavy atom. The van der Waals surface area contributed by atoms with Crippen molar-refractivity contribution in [3.63, 3.8) is 0 Å². The maximum absolute atomic E-state index is 12.6. The van der Waals surface area contributed by atoms with E-state index in [-0.39, 0.29) is 17.2 Å². The van der Waals surface area contributed by atoms with Crippen molar-refractivity contribution in [3.05, 3.63) is 66.2 Å². The highest BCUT2D eigenvalue weighted by Gasteiger charge is 2.16. The van der Waals surface area contributed by atoms with E-state index >= 15 is 0 Å². The van der Waals surface area contributed by atoms with Gasteiger partial charge in [0, 0.05) is 7.05 Å². The molecule has 134 valence electrons. The summed E-state index contributed by atoms with van der Waals surface area (Å²) in [5, 5.41) is 12.0. The molecular formula is C21H21NO4. The maximum Gasteiger partial charge on any atom is 0.257 e. The second kappa shape index (κ2) is 7.78. The Balaban J connectivity index is 1.63. The average molecular weight is 351 g/mol. The van der Waals surface area contributed by atoms with Crippen LogP contribution in [-0.4, -0.2) is 43.2 Å². The summed E-state index contributed by atoms with van der Waals surface area (Å²) < 4.78 is 10.8. The minimum atomic E-state index is -0.244. The van der Waals surface area contributed by atoms with Gasteiger partial charge in [0.25, 0.3) is 5.91 Å². The first kappa shape index (κ1) is 17.6. The first-order chi connectivity index (χ1) is 12.6. The first-order valence-electron chi connectivity index (χ1n) is 8.32. The molecule has 26 heavy (non-hydrogen) atoms.